The number of fused-ring (bicyclic) bond motifs is 1. The second-order valence-electron chi connectivity index (χ2n) is 6.44. The van der Waals surface area contributed by atoms with E-state index in [-0.39, 0.29) is 18.2 Å². The van der Waals surface area contributed by atoms with E-state index in [0.29, 0.717) is 16.9 Å². The maximum Gasteiger partial charge on any atom is 0.335 e. The van der Waals surface area contributed by atoms with Gasteiger partial charge in [0.25, 0.3) is 0 Å². The third kappa shape index (κ3) is 2.88. The number of hydrogen-bond acceptors (Lipinski definition) is 5. The van der Waals surface area contributed by atoms with Crippen LogP contribution in [0.5, 0.6) is 0 Å². The van der Waals surface area contributed by atoms with Gasteiger partial charge in [-0.1, -0.05) is 30.3 Å². The summed E-state index contributed by atoms with van der Waals surface area (Å²) in [5.41, 5.74) is 3.08. The zero-order chi connectivity index (χ0) is 18.1. The molecule has 2 N–H and O–H groups in total. The summed E-state index contributed by atoms with van der Waals surface area (Å²) >= 11 is 0. The molecular formula is C20H19N3O3. The number of aromatic carboxylic acids is 1. The molecule has 0 aliphatic carbocycles. The minimum absolute atomic E-state index is 0.00636. The second-order valence-corrected chi connectivity index (χ2v) is 6.44. The van der Waals surface area contributed by atoms with Crippen molar-refractivity contribution < 1.29 is 15.0 Å². The fourth-order valence-electron chi connectivity index (χ4n) is 3.47. The Labute approximate surface area is 150 Å². The van der Waals surface area contributed by atoms with E-state index in [1.807, 2.05) is 30.3 Å². The molecule has 1 saturated heterocycles. The topological polar surface area (TPSA) is 86.5 Å². The summed E-state index contributed by atoms with van der Waals surface area (Å²) in [4.78, 5) is 22.9. The molecule has 0 spiro atoms. The summed E-state index contributed by atoms with van der Waals surface area (Å²) in [7, 11) is 0. The molecule has 0 unspecified atom stereocenters. The fraction of sp³-hybridized carbons (Fsp3) is 0.250. The average Bonchev–Trinajstić information content (AvgIpc) is 3.15. The van der Waals surface area contributed by atoms with Crippen LogP contribution in [0.15, 0.2) is 48.5 Å². The Bertz CT molecular complexity index is 959. The summed E-state index contributed by atoms with van der Waals surface area (Å²) in [6.45, 7) is 0.854. The summed E-state index contributed by atoms with van der Waals surface area (Å²) in [6, 6.07) is 14.6. The van der Waals surface area contributed by atoms with Gasteiger partial charge in [-0.25, -0.2) is 14.8 Å². The van der Waals surface area contributed by atoms with Gasteiger partial charge in [-0.2, -0.15) is 0 Å². The van der Waals surface area contributed by atoms with Crippen LogP contribution in [-0.4, -0.2) is 45.3 Å². The highest BCUT2D eigenvalue weighted by molar-refractivity contribution is 5.93. The summed E-state index contributed by atoms with van der Waals surface area (Å²) in [6.07, 6.45) is 1.88. The molecule has 0 saturated carbocycles. The highest BCUT2D eigenvalue weighted by Crippen LogP contribution is 2.34. The van der Waals surface area contributed by atoms with Gasteiger partial charge in [0.15, 0.2) is 5.82 Å². The normalized spacial score (nSPS) is 17.0. The van der Waals surface area contributed by atoms with E-state index in [4.69, 9.17) is 9.97 Å². The standard InChI is InChI=1S/C20H19N3O3/c24-12-15-7-4-10-23(15)19-18(13-5-2-1-3-6-13)21-16-9-8-14(20(25)26)11-17(16)22-19/h1-3,5-6,8-9,11,15,24H,4,7,10,12H2,(H,25,26)/t15-/m1/s1. The molecule has 1 atom stereocenters. The van der Waals surface area contributed by atoms with Crippen LogP contribution in [0.4, 0.5) is 5.82 Å². The van der Waals surface area contributed by atoms with Gasteiger partial charge in [-0.15, -0.1) is 0 Å². The third-order valence-corrected chi connectivity index (χ3v) is 4.80. The number of rotatable bonds is 4. The largest absolute Gasteiger partial charge is 0.478 e. The Morgan fingerprint density at radius 3 is 2.65 bits per heavy atom. The molecule has 6 nitrogen and oxygen atoms in total. The third-order valence-electron chi connectivity index (χ3n) is 4.80. The van der Waals surface area contributed by atoms with Gasteiger partial charge in [0.2, 0.25) is 0 Å². The number of aromatic nitrogens is 2. The Hall–Kier alpha value is -2.99. The first-order chi connectivity index (χ1) is 12.7. The predicted octanol–water partition coefficient (Wildman–Crippen LogP) is 2.96. The van der Waals surface area contributed by atoms with E-state index in [1.165, 1.54) is 0 Å². The van der Waals surface area contributed by atoms with Gasteiger partial charge in [0, 0.05) is 12.1 Å². The van der Waals surface area contributed by atoms with Crippen LogP contribution >= 0.6 is 0 Å². The Morgan fingerprint density at radius 2 is 1.92 bits per heavy atom. The minimum Gasteiger partial charge on any atom is -0.478 e. The number of aliphatic hydroxyl groups excluding tert-OH is 1. The van der Waals surface area contributed by atoms with Crippen molar-refractivity contribution in [3.8, 4) is 11.3 Å². The van der Waals surface area contributed by atoms with E-state index in [2.05, 4.69) is 4.90 Å². The van der Waals surface area contributed by atoms with Gasteiger partial charge in [0.1, 0.15) is 5.69 Å². The van der Waals surface area contributed by atoms with Crippen LogP contribution in [-0.2, 0) is 0 Å². The number of carboxylic acid groups (broad SMARTS) is 1. The number of anilines is 1. The number of carboxylic acids is 1. The number of benzene rings is 2. The lowest BCUT2D eigenvalue weighted by molar-refractivity contribution is 0.0697. The molecular weight excluding hydrogens is 330 g/mol. The van der Waals surface area contributed by atoms with Crippen LogP contribution in [0.25, 0.3) is 22.3 Å². The molecule has 2 heterocycles. The van der Waals surface area contributed by atoms with E-state index in [0.717, 1.165) is 30.6 Å². The zero-order valence-electron chi connectivity index (χ0n) is 14.2. The van der Waals surface area contributed by atoms with Crippen LogP contribution in [0.2, 0.25) is 0 Å². The monoisotopic (exact) mass is 349 g/mol. The maximum atomic E-state index is 11.3. The molecule has 6 heteroatoms. The quantitative estimate of drug-likeness (QED) is 0.753. The van der Waals surface area contributed by atoms with Gasteiger partial charge in [-0.05, 0) is 31.0 Å². The number of aliphatic hydroxyl groups is 1. The molecule has 1 aliphatic heterocycles. The lowest BCUT2D eigenvalue weighted by Crippen LogP contribution is -2.33. The molecule has 0 bridgehead atoms. The van der Waals surface area contributed by atoms with Crippen LogP contribution in [0.1, 0.15) is 23.2 Å². The van der Waals surface area contributed by atoms with Gasteiger partial charge in [-0.3, -0.25) is 0 Å². The second kappa shape index (κ2) is 6.72. The molecule has 4 rings (SSSR count). The van der Waals surface area contributed by atoms with E-state index < -0.39 is 5.97 Å². The van der Waals surface area contributed by atoms with E-state index >= 15 is 0 Å². The molecule has 132 valence electrons. The predicted molar refractivity (Wildman–Crippen MR) is 99.4 cm³/mol. The van der Waals surface area contributed by atoms with Gasteiger partial charge >= 0.3 is 5.97 Å². The maximum absolute atomic E-state index is 11.3. The molecule has 2 aromatic carbocycles. The number of hydrogen-bond donors (Lipinski definition) is 2. The molecule has 26 heavy (non-hydrogen) atoms. The first kappa shape index (κ1) is 16.5. The van der Waals surface area contributed by atoms with Crippen molar-refractivity contribution in [2.75, 3.05) is 18.1 Å². The first-order valence-electron chi connectivity index (χ1n) is 8.65. The summed E-state index contributed by atoms with van der Waals surface area (Å²) < 4.78 is 0. The fourth-order valence-corrected chi connectivity index (χ4v) is 3.47. The van der Waals surface area contributed by atoms with E-state index in [1.54, 1.807) is 18.2 Å². The highest BCUT2D eigenvalue weighted by atomic mass is 16.4. The van der Waals surface area contributed by atoms with E-state index in [9.17, 15) is 15.0 Å². The molecule has 0 radical (unpaired) electrons. The zero-order valence-corrected chi connectivity index (χ0v) is 14.2. The molecule has 3 aromatic rings. The van der Waals surface area contributed by atoms with Crippen LogP contribution < -0.4 is 4.90 Å². The lowest BCUT2D eigenvalue weighted by Gasteiger charge is -2.26. The van der Waals surface area contributed by atoms with Crippen molar-refractivity contribution in [1.29, 1.82) is 0 Å². The van der Waals surface area contributed by atoms with Crippen LogP contribution in [0, 0.1) is 0 Å². The Morgan fingerprint density at radius 1 is 1.12 bits per heavy atom. The Balaban J connectivity index is 1.94. The molecule has 1 fully saturated rings. The van der Waals surface area contributed by atoms with Gasteiger partial charge < -0.3 is 15.1 Å². The Kier molecular flexibility index (Phi) is 4.26. The lowest BCUT2D eigenvalue weighted by atomic mass is 10.1. The van der Waals surface area contributed by atoms with Crippen molar-refractivity contribution >= 4 is 22.8 Å². The first-order valence-corrected chi connectivity index (χ1v) is 8.65. The average molecular weight is 349 g/mol. The smallest absolute Gasteiger partial charge is 0.335 e. The molecule has 1 aromatic heterocycles. The van der Waals surface area contributed by atoms with Crippen molar-refractivity contribution in [1.82, 2.24) is 9.97 Å². The minimum atomic E-state index is -0.989. The SMILES string of the molecule is O=C(O)c1ccc2nc(-c3ccccc3)c(N3CCC[C@@H]3CO)nc2c1. The highest BCUT2D eigenvalue weighted by Gasteiger charge is 2.28. The van der Waals surface area contributed by atoms with Gasteiger partial charge in [0.05, 0.1) is 29.2 Å². The molecule has 1 aliphatic rings. The van der Waals surface area contributed by atoms with Crippen molar-refractivity contribution in [2.24, 2.45) is 0 Å². The van der Waals surface area contributed by atoms with Crippen molar-refractivity contribution in [3.63, 3.8) is 0 Å². The summed E-state index contributed by atoms with van der Waals surface area (Å²) in [5.74, 6) is -0.292. The van der Waals surface area contributed by atoms with Crippen LogP contribution in [0.3, 0.4) is 0 Å². The molecule has 0 amide bonds. The summed E-state index contributed by atoms with van der Waals surface area (Å²) in [5, 5.41) is 19.0. The number of nitrogens with zero attached hydrogens (tertiary/aromatic N) is 3. The number of carbonyl (C=O) groups is 1. The van der Waals surface area contributed by atoms with Crippen molar-refractivity contribution in [2.45, 2.75) is 18.9 Å². The van der Waals surface area contributed by atoms with Crippen molar-refractivity contribution in [3.05, 3.63) is 54.1 Å².